The van der Waals surface area contributed by atoms with Crippen molar-refractivity contribution in [1.82, 2.24) is 5.32 Å². The summed E-state index contributed by atoms with van der Waals surface area (Å²) in [7, 11) is 0. The van der Waals surface area contributed by atoms with E-state index in [0.29, 0.717) is 23.2 Å². The number of aliphatic carboxylic acids is 1. The molecule has 3 fully saturated rings. The second-order valence-corrected chi connectivity index (χ2v) is 13.6. The predicted octanol–water partition coefficient (Wildman–Crippen LogP) is 7.15. The van der Waals surface area contributed by atoms with E-state index in [1.54, 1.807) is 12.5 Å². The zero-order chi connectivity index (χ0) is 26.6. The molecule has 0 bridgehead atoms. The van der Waals surface area contributed by atoms with Gasteiger partial charge in [-0.05, 0) is 111 Å². The third-order valence-electron chi connectivity index (χ3n) is 11.4. The highest BCUT2D eigenvalue weighted by Crippen LogP contribution is 2.67. The number of hydrogen-bond acceptors (Lipinski definition) is 4. The van der Waals surface area contributed by atoms with Crippen LogP contribution in [0.15, 0.2) is 11.6 Å². The van der Waals surface area contributed by atoms with Gasteiger partial charge in [-0.25, -0.2) is 0 Å². The van der Waals surface area contributed by atoms with Crippen LogP contribution in [0, 0.1) is 40.4 Å². The van der Waals surface area contributed by atoms with E-state index in [9.17, 15) is 9.59 Å². The summed E-state index contributed by atoms with van der Waals surface area (Å²) in [5.74, 6) is 3.20. The van der Waals surface area contributed by atoms with Crippen molar-refractivity contribution in [2.45, 2.75) is 124 Å². The zero-order valence-electron chi connectivity index (χ0n) is 24.0. The predicted molar refractivity (Wildman–Crippen MR) is 148 cm³/mol. The Morgan fingerprint density at radius 1 is 1.05 bits per heavy atom. The minimum atomic E-state index is -0.672. The lowest BCUT2D eigenvalue weighted by atomic mass is 9.47. The number of ether oxygens (including phenoxy) is 1. The van der Waals surface area contributed by atoms with Crippen LogP contribution in [0.4, 0.5) is 0 Å². The Labute approximate surface area is 225 Å². The standard InChI is InChI=1S/C32H53NO4/c1-22(21-33-19-9-7-5-6-8-10-30(35)36)27-13-14-28-26-12-11-24-20-25(37-23(2)34)15-17-31(24,3)29(26)16-18-32(27,28)4/h11,22,25-29,33H,5-10,12-21H2,1-4H3,(H,35,36)/t22-,25+,26?,27-,28+,29+,31+,32-/m1/s1. The van der Waals surface area contributed by atoms with E-state index in [1.807, 2.05) is 0 Å². The molecule has 37 heavy (non-hydrogen) atoms. The fraction of sp³-hybridized carbons (Fsp3) is 0.875. The molecule has 0 aromatic rings. The SMILES string of the molecule is CC(=O)O[C@H]1CC[C@@]2(C)C(=CCC3[C@@H]4CC[C@H]([C@H](C)CNCCCCCCCC(=O)O)[C@@]4(C)CC[C@@H]32)C1. The Morgan fingerprint density at radius 2 is 1.81 bits per heavy atom. The molecule has 0 saturated heterocycles. The number of unbranched alkanes of at least 4 members (excludes halogenated alkanes) is 4. The molecule has 210 valence electrons. The van der Waals surface area contributed by atoms with E-state index >= 15 is 0 Å². The number of esters is 1. The van der Waals surface area contributed by atoms with E-state index in [2.05, 4.69) is 32.2 Å². The third kappa shape index (κ3) is 6.28. The molecule has 4 aliphatic carbocycles. The molecule has 4 aliphatic rings. The number of allylic oxidation sites excluding steroid dienone is 1. The van der Waals surface area contributed by atoms with Crippen LogP contribution in [-0.2, 0) is 14.3 Å². The van der Waals surface area contributed by atoms with Crippen LogP contribution < -0.4 is 5.32 Å². The normalized spacial score (nSPS) is 37.6. The Hall–Kier alpha value is -1.36. The van der Waals surface area contributed by atoms with Gasteiger partial charge in [0.2, 0.25) is 0 Å². The van der Waals surface area contributed by atoms with Gasteiger partial charge in [0.15, 0.2) is 0 Å². The quantitative estimate of drug-likeness (QED) is 0.164. The molecule has 5 heteroatoms. The molecular weight excluding hydrogens is 462 g/mol. The largest absolute Gasteiger partial charge is 0.481 e. The van der Waals surface area contributed by atoms with Gasteiger partial charge in [0.1, 0.15) is 6.10 Å². The van der Waals surface area contributed by atoms with Gasteiger partial charge in [-0.2, -0.15) is 0 Å². The molecule has 0 aromatic carbocycles. The molecule has 0 aliphatic heterocycles. The van der Waals surface area contributed by atoms with E-state index in [-0.39, 0.29) is 12.1 Å². The smallest absolute Gasteiger partial charge is 0.303 e. The van der Waals surface area contributed by atoms with Crippen molar-refractivity contribution in [1.29, 1.82) is 0 Å². The van der Waals surface area contributed by atoms with Crippen LogP contribution in [0.25, 0.3) is 0 Å². The molecular formula is C32H53NO4. The Bertz CT molecular complexity index is 839. The lowest BCUT2D eigenvalue weighted by Gasteiger charge is -2.58. The second kappa shape index (κ2) is 12.2. The number of fused-ring (bicyclic) bond motifs is 5. The van der Waals surface area contributed by atoms with Crippen molar-refractivity contribution >= 4 is 11.9 Å². The average Bonchev–Trinajstić information content (AvgIpc) is 3.20. The van der Waals surface area contributed by atoms with Gasteiger partial charge in [0.25, 0.3) is 0 Å². The van der Waals surface area contributed by atoms with Crippen molar-refractivity contribution < 1.29 is 19.4 Å². The van der Waals surface area contributed by atoms with Gasteiger partial charge in [0, 0.05) is 19.8 Å². The van der Waals surface area contributed by atoms with Gasteiger partial charge in [-0.3, -0.25) is 9.59 Å². The molecule has 3 saturated carbocycles. The first-order valence-corrected chi connectivity index (χ1v) is 15.4. The van der Waals surface area contributed by atoms with Crippen molar-refractivity contribution in [2.24, 2.45) is 40.4 Å². The molecule has 2 N–H and O–H groups in total. The van der Waals surface area contributed by atoms with Crippen LogP contribution in [0.3, 0.4) is 0 Å². The number of carbonyl (C=O) groups is 2. The van der Waals surface area contributed by atoms with Gasteiger partial charge in [-0.15, -0.1) is 0 Å². The monoisotopic (exact) mass is 515 g/mol. The number of rotatable bonds is 12. The van der Waals surface area contributed by atoms with Crippen LogP contribution in [0.1, 0.15) is 118 Å². The zero-order valence-corrected chi connectivity index (χ0v) is 24.0. The van der Waals surface area contributed by atoms with Gasteiger partial charge in [-0.1, -0.05) is 51.7 Å². The van der Waals surface area contributed by atoms with Crippen LogP contribution in [0.2, 0.25) is 0 Å². The number of nitrogens with one attached hydrogen (secondary N) is 1. The highest BCUT2D eigenvalue weighted by molar-refractivity contribution is 5.66. The minimum Gasteiger partial charge on any atom is -0.481 e. The molecule has 0 radical (unpaired) electrons. The first-order valence-electron chi connectivity index (χ1n) is 15.4. The van der Waals surface area contributed by atoms with E-state index in [0.717, 1.165) is 68.9 Å². The van der Waals surface area contributed by atoms with E-state index < -0.39 is 5.97 Å². The minimum absolute atomic E-state index is 0.0865. The summed E-state index contributed by atoms with van der Waals surface area (Å²) in [6, 6.07) is 0. The fourth-order valence-electron chi connectivity index (χ4n) is 9.47. The molecule has 4 rings (SSSR count). The highest BCUT2D eigenvalue weighted by Gasteiger charge is 2.59. The number of carboxylic acid groups (broad SMARTS) is 1. The first-order chi connectivity index (χ1) is 17.6. The van der Waals surface area contributed by atoms with Crippen molar-refractivity contribution in [3.63, 3.8) is 0 Å². The fourth-order valence-corrected chi connectivity index (χ4v) is 9.47. The third-order valence-corrected chi connectivity index (χ3v) is 11.4. The summed E-state index contributed by atoms with van der Waals surface area (Å²) in [6.45, 7) is 11.4. The number of carboxylic acids is 1. The second-order valence-electron chi connectivity index (χ2n) is 13.6. The molecule has 8 atom stereocenters. The first kappa shape index (κ1) is 28.6. The number of hydrogen-bond donors (Lipinski definition) is 2. The summed E-state index contributed by atoms with van der Waals surface area (Å²) >= 11 is 0. The van der Waals surface area contributed by atoms with E-state index in [4.69, 9.17) is 9.84 Å². The molecule has 0 amide bonds. The molecule has 1 unspecified atom stereocenters. The molecule has 0 aromatic heterocycles. The maximum absolute atomic E-state index is 11.5. The summed E-state index contributed by atoms with van der Waals surface area (Å²) < 4.78 is 5.62. The summed E-state index contributed by atoms with van der Waals surface area (Å²) in [4.78, 5) is 22.1. The Morgan fingerprint density at radius 3 is 2.57 bits per heavy atom. The topological polar surface area (TPSA) is 75.6 Å². The number of carbonyl (C=O) groups excluding carboxylic acids is 1. The molecule has 0 spiro atoms. The lowest BCUT2D eigenvalue weighted by molar-refractivity contribution is -0.148. The maximum atomic E-state index is 11.5. The Balaban J connectivity index is 1.26. The van der Waals surface area contributed by atoms with Crippen LogP contribution >= 0.6 is 0 Å². The molecule has 0 heterocycles. The van der Waals surface area contributed by atoms with Crippen molar-refractivity contribution in [2.75, 3.05) is 13.1 Å². The van der Waals surface area contributed by atoms with Crippen LogP contribution in [0.5, 0.6) is 0 Å². The highest BCUT2D eigenvalue weighted by atomic mass is 16.5. The van der Waals surface area contributed by atoms with Crippen LogP contribution in [-0.4, -0.2) is 36.2 Å². The average molecular weight is 516 g/mol. The van der Waals surface area contributed by atoms with Crippen molar-refractivity contribution in [3.05, 3.63) is 11.6 Å². The van der Waals surface area contributed by atoms with E-state index in [1.165, 1.54) is 51.4 Å². The van der Waals surface area contributed by atoms with Gasteiger partial charge >= 0.3 is 11.9 Å². The lowest BCUT2D eigenvalue weighted by Crippen LogP contribution is -2.51. The van der Waals surface area contributed by atoms with Gasteiger partial charge < -0.3 is 15.2 Å². The van der Waals surface area contributed by atoms with Crippen molar-refractivity contribution in [3.8, 4) is 0 Å². The summed E-state index contributed by atoms with van der Waals surface area (Å²) in [5.41, 5.74) is 2.37. The van der Waals surface area contributed by atoms with Gasteiger partial charge in [0.05, 0.1) is 0 Å². The summed E-state index contributed by atoms with van der Waals surface area (Å²) in [6.07, 6.45) is 18.3. The molecule has 5 nitrogen and oxygen atoms in total. The maximum Gasteiger partial charge on any atom is 0.303 e. The Kier molecular flexibility index (Phi) is 9.46. The summed E-state index contributed by atoms with van der Waals surface area (Å²) in [5, 5.41) is 12.5.